The van der Waals surface area contributed by atoms with Gasteiger partial charge >= 0.3 is 0 Å². The van der Waals surface area contributed by atoms with Gasteiger partial charge < -0.3 is 5.73 Å². The summed E-state index contributed by atoms with van der Waals surface area (Å²) < 4.78 is 71.4. The van der Waals surface area contributed by atoms with E-state index in [2.05, 4.69) is 14.8 Å². The van der Waals surface area contributed by atoms with Crippen molar-refractivity contribution in [1.29, 1.82) is 0 Å². The van der Waals surface area contributed by atoms with Crippen LogP contribution >= 0.6 is 0 Å². The summed E-state index contributed by atoms with van der Waals surface area (Å²) in [6.07, 6.45) is 0.903. The van der Waals surface area contributed by atoms with E-state index < -0.39 is 39.1 Å². The van der Waals surface area contributed by atoms with Gasteiger partial charge in [-0.25, -0.2) is 26.6 Å². The summed E-state index contributed by atoms with van der Waals surface area (Å²) in [6, 6.07) is 7.77. The second-order valence-corrected chi connectivity index (χ2v) is 11.5. The highest BCUT2D eigenvalue weighted by Gasteiger charge is 2.25. The monoisotopic (exact) mass is 570 g/mol. The van der Waals surface area contributed by atoms with Gasteiger partial charge in [-0.2, -0.15) is 5.10 Å². The lowest BCUT2D eigenvalue weighted by Crippen LogP contribution is -2.30. The highest BCUT2D eigenvalue weighted by atomic mass is 32.2. The molecular weight excluding hydrogens is 545 g/mol. The Morgan fingerprint density at radius 3 is 2.38 bits per heavy atom. The van der Waals surface area contributed by atoms with E-state index in [-0.39, 0.29) is 45.8 Å². The molecule has 0 radical (unpaired) electrons. The summed E-state index contributed by atoms with van der Waals surface area (Å²) in [5.41, 5.74) is 7.82. The number of halogens is 3. The van der Waals surface area contributed by atoms with E-state index in [1.54, 1.807) is 26.1 Å². The van der Waals surface area contributed by atoms with Crippen LogP contribution in [0.3, 0.4) is 0 Å². The van der Waals surface area contributed by atoms with Crippen LogP contribution in [0.1, 0.15) is 28.6 Å². The minimum Gasteiger partial charge on any atom is -0.321 e. The van der Waals surface area contributed by atoms with Crippen LogP contribution in [-0.4, -0.2) is 34.0 Å². The minimum absolute atomic E-state index is 0.0137. The summed E-state index contributed by atoms with van der Waals surface area (Å²) in [4.78, 5) is 18.6. The number of benzene rings is 3. The van der Waals surface area contributed by atoms with E-state index in [9.17, 15) is 26.4 Å². The molecule has 40 heavy (non-hydrogen) atoms. The minimum atomic E-state index is -3.68. The van der Waals surface area contributed by atoms with Crippen LogP contribution in [0, 0.1) is 31.3 Å². The molecular formula is C27H25F3N6O3S. The van der Waals surface area contributed by atoms with Crippen molar-refractivity contribution in [3.8, 4) is 5.69 Å². The number of anilines is 1. The van der Waals surface area contributed by atoms with Gasteiger partial charge in [0.25, 0.3) is 5.56 Å². The number of rotatable bonds is 6. The first kappa shape index (κ1) is 27.3. The summed E-state index contributed by atoms with van der Waals surface area (Å²) in [5.74, 6) is -2.06. The maximum Gasteiger partial charge on any atom is 0.266 e. The summed E-state index contributed by atoms with van der Waals surface area (Å²) in [5, 5.41) is 4.89. The predicted octanol–water partition coefficient (Wildman–Crippen LogP) is 3.92. The highest BCUT2D eigenvalue weighted by molar-refractivity contribution is 7.92. The van der Waals surface area contributed by atoms with Crippen molar-refractivity contribution < 1.29 is 21.6 Å². The standard InChI is InChI=1S/C27H25F3N6O3S/c1-13-5-8-21(24-22(13)25(33-35(24)3)34-40(4,38)39)36-26(20(31)11-15-9-16(28)12-17(29)10-15)32-23-14(2)19(30)7-6-18(23)27(36)37/h5-10,12,20H,11,31H2,1-4H3,(H,33,34)/t20-/m0/s1. The van der Waals surface area contributed by atoms with Crippen LogP contribution in [0.25, 0.3) is 27.5 Å². The number of hydrogen-bond acceptors (Lipinski definition) is 6. The van der Waals surface area contributed by atoms with Crippen molar-refractivity contribution in [3.05, 3.63) is 92.8 Å². The quantitative estimate of drug-likeness (QED) is 0.319. The molecule has 0 spiro atoms. The van der Waals surface area contributed by atoms with E-state index in [1.807, 2.05) is 0 Å². The summed E-state index contributed by atoms with van der Waals surface area (Å²) in [7, 11) is -2.09. The zero-order chi connectivity index (χ0) is 29.1. The average Bonchev–Trinajstić information content (AvgIpc) is 3.16. The first-order valence-electron chi connectivity index (χ1n) is 12.1. The van der Waals surface area contributed by atoms with Crippen molar-refractivity contribution in [2.45, 2.75) is 26.3 Å². The second-order valence-electron chi connectivity index (χ2n) is 9.74. The highest BCUT2D eigenvalue weighted by Crippen LogP contribution is 2.33. The number of nitrogens with zero attached hydrogens (tertiary/aromatic N) is 4. The zero-order valence-corrected chi connectivity index (χ0v) is 22.8. The molecule has 0 unspecified atom stereocenters. The molecule has 5 aromatic rings. The molecule has 9 nitrogen and oxygen atoms in total. The molecule has 0 bridgehead atoms. The van der Waals surface area contributed by atoms with E-state index in [0.717, 1.165) is 24.5 Å². The molecule has 0 aliphatic heterocycles. The Labute approximate surface area is 227 Å². The van der Waals surface area contributed by atoms with Gasteiger partial charge in [0.1, 0.15) is 23.3 Å². The number of fused-ring (bicyclic) bond motifs is 2. The third kappa shape index (κ3) is 4.82. The maximum absolute atomic E-state index is 14.5. The van der Waals surface area contributed by atoms with E-state index in [0.29, 0.717) is 16.5 Å². The molecule has 0 amide bonds. The van der Waals surface area contributed by atoms with Crippen molar-refractivity contribution in [2.24, 2.45) is 12.8 Å². The van der Waals surface area contributed by atoms with Crippen LogP contribution in [-0.2, 0) is 23.5 Å². The average molecular weight is 571 g/mol. The van der Waals surface area contributed by atoms with Gasteiger partial charge in [0.2, 0.25) is 10.0 Å². The number of nitrogens with two attached hydrogens (primary N) is 1. The largest absolute Gasteiger partial charge is 0.321 e. The van der Waals surface area contributed by atoms with Gasteiger partial charge in [-0.15, -0.1) is 0 Å². The third-order valence-electron chi connectivity index (χ3n) is 6.66. The fraction of sp³-hybridized carbons (Fsp3) is 0.222. The molecule has 0 aliphatic carbocycles. The van der Waals surface area contributed by atoms with Crippen LogP contribution in [0.5, 0.6) is 0 Å². The Bertz CT molecular complexity index is 1980. The maximum atomic E-state index is 14.5. The lowest BCUT2D eigenvalue weighted by Gasteiger charge is -2.20. The summed E-state index contributed by atoms with van der Waals surface area (Å²) in [6.45, 7) is 3.25. The number of nitrogens with one attached hydrogen (secondary N) is 1. The van der Waals surface area contributed by atoms with Crippen LogP contribution < -0.4 is 16.0 Å². The van der Waals surface area contributed by atoms with Gasteiger partial charge in [-0.05, 0) is 61.7 Å². The van der Waals surface area contributed by atoms with Crippen molar-refractivity contribution >= 4 is 37.6 Å². The number of sulfonamides is 1. The molecule has 0 fully saturated rings. The lowest BCUT2D eigenvalue weighted by molar-refractivity contribution is 0.572. The summed E-state index contributed by atoms with van der Waals surface area (Å²) >= 11 is 0. The fourth-order valence-corrected chi connectivity index (χ4v) is 5.42. The molecule has 13 heteroatoms. The third-order valence-corrected chi connectivity index (χ3v) is 7.23. The van der Waals surface area contributed by atoms with E-state index in [4.69, 9.17) is 5.73 Å². The smallest absolute Gasteiger partial charge is 0.266 e. The van der Waals surface area contributed by atoms with Gasteiger partial charge in [-0.1, -0.05) is 6.07 Å². The normalized spacial score (nSPS) is 12.8. The predicted molar refractivity (Wildman–Crippen MR) is 147 cm³/mol. The van der Waals surface area contributed by atoms with E-state index >= 15 is 0 Å². The molecule has 3 N–H and O–H groups in total. The number of hydrogen-bond donors (Lipinski definition) is 2. The molecule has 5 rings (SSSR count). The Kier molecular flexibility index (Phi) is 6.66. The first-order chi connectivity index (χ1) is 18.7. The van der Waals surface area contributed by atoms with Gasteiger partial charge in [0, 0.05) is 18.7 Å². The van der Waals surface area contributed by atoms with E-state index in [1.165, 1.54) is 28.3 Å². The molecule has 0 saturated heterocycles. The topological polar surface area (TPSA) is 125 Å². The molecule has 2 heterocycles. The Morgan fingerprint density at radius 2 is 1.73 bits per heavy atom. The molecule has 208 valence electrons. The van der Waals surface area contributed by atoms with Crippen LogP contribution in [0.15, 0.2) is 47.3 Å². The first-order valence-corrected chi connectivity index (χ1v) is 14.0. The Balaban J connectivity index is 1.83. The second kappa shape index (κ2) is 9.75. The van der Waals surface area contributed by atoms with Gasteiger partial charge in [0.05, 0.1) is 39.8 Å². The number of aromatic nitrogens is 4. The lowest BCUT2D eigenvalue weighted by atomic mass is 10.0. The Hall–Kier alpha value is -4.23. The zero-order valence-electron chi connectivity index (χ0n) is 22.0. The SMILES string of the molecule is Cc1c(F)ccc2c(=O)n(-c3ccc(C)c4c(NS(C)(=O)=O)nn(C)c34)c([C@@H](N)Cc3cc(F)cc(F)c3)nc12. The van der Waals surface area contributed by atoms with Crippen LogP contribution in [0.4, 0.5) is 19.0 Å². The van der Waals surface area contributed by atoms with Crippen molar-refractivity contribution in [2.75, 3.05) is 11.0 Å². The van der Waals surface area contributed by atoms with Gasteiger partial charge in [-0.3, -0.25) is 18.8 Å². The van der Waals surface area contributed by atoms with Gasteiger partial charge in [0.15, 0.2) is 5.82 Å². The molecule has 3 aromatic carbocycles. The fourth-order valence-electron chi connectivity index (χ4n) is 4.92. The molecule has 0 saturated carbocycles. The van der Waals surface area contributed by atoms with Crippen molar-refractivity contribution in [1.82, 2.24) is 19.3 Å². The Morgan fingerprint density at radius 1 is 1.05 bits per heavy atom. The molecule has 1 atom stereocenters. The van der Waals surface area contributed by atoms with Crippen molar-refractivity contribution in [3.63, 3.8) is 0 Å². The van der Waals surface area contributed by atoms with Crippen LogP contribution in [0.2, 0.25) is 0 Å². The molecule has 2 aromatic heterocycles. The molecule has 0 aliphatic rings. The number of aryl methyl sites for hydroxylation is 3.